The number of nitrogens with two attached hydrogens (primary N) is 1. The highest BCUT2D eigenvalue weighted by Crippen LogP contribution is 2.22. The maximum atomic E-state index is 12.0. The molecule has 2 amide bonds. The molecule has 0 aliphatic heterocycles. The van der Waals surface area contributed by atoms with Crippen molar-refractivity contribution in [2.24, 2.45) is 11.7 Å². The third-order valence-electron chi connectivity index (χ3n) is 3.50. The standard InChI is InChI=1S/C13H22N2O4/c14-11(16)8-10(13(18)19)15-12(17)9-6-4-2-1-3-5-7-9/h9-10H,1-8H2,(H2,14,16)(H,15,17)(H,18,19). The average Bonchev–Trinajstić information content (AvgIpc) is 2.26. The van der Waals surface area contributed by atoms with Crippen molar-refractivity contribution in [3.05, 3.63) is 0 Å². The van der Waals surface area contributed by atoms with Crippen molar-refractivity contribution in [2.75, 3.05) is 0 Å². The van der Waals surface area contributed by atoms with Gasteiger partial charge >= 0.3 is 5.97 Å². The van der Waals surface area contributed by atoms with E-state index in [0.717, 1.165) is 38.5 Å². The van der Waals surface area contributed by atoms with E-state index in [1.807, 2.05) is 0 Å². The van der Waals surface area contributed by atoms with Crippen LogP contribution in [-0.2, 0) is 14.4 Å². The Morgan fingerprint density at radius 1 is 1.11 bits per heavy atom. The average molecular weight is 270 g/mol. The van der Waals surface area contributed by atoms with Crippen LogP contribution in [0.3, 0.4) is 0 Å². The first kappa shape index (κ1) is 15.5. The van der Waals surface area contributed by atoms with Crippen LogP contribution in [0.25, 0.3) is 0 Å². The lowest BCUT2D eigenvalue weighted by atomic mass is 9.90. The summed E-state index contributed by atoms with van der Waals surface area (Å²) in [4.78, 5) is 33.8. The van der Waals surface area contributed by atoms with Gasteiger partial charge in [0.15, 0.2) is 0 Å². The quantitative estimate of drug-likeness (QED) is 0.686. The van der Waals surface area contributed by atoms with Crippen LogP contribution < -0.4 is 11.1 Å². The summed E-state index contributed by atoms with van der Waals surface area (Å²) in [6.07, 6.45) is 6.63. The Hall–Kier alpha value is -1.59. The van der Waals surface area contributed by atoms with Gasteiger partial charge in [0, 0.05) is 5.92 Å². The summed E-state index contributed by atoms with van der Waals surface area (Å²) in [5.74, 6) is -2.37. The van der Waals surface area contributed by atoms with Crippen LogP contribution in [0, 0.1) is 5.92 Å². The summed E-state index contributed by atoms with van der Waals surface area (Å²) in [5, 5.41) is 11.4. The maximum Gasteiger partial charge on any atom is 0.326 e. The molecule has 0 bridgehead atoms. The van der Waals surface area contributed by atoms with E-state index in [0.29, 0.717) is 0 Å². The molecule has 1 atom stereocenters. The molecular formula is C13H22N2O4. The molecule has 1 unspecified atom stereocenters. The summed E-state index contributed by atoms with van der Waals surface area (Å²) in [7, 11) is 0. The van der Waals surface area contributed by atoms with E-state index < -0.39 is 17.9 Å². The van der Waals surface area contributed by atoms with Crippen molar-refractivity contribution < 1.29 is 19.5 Å². The van der Waals surface area contributed by atoms with Gasteiger partial charge in [0.05, 0.1) is 6.42 Å². The molecule has 0 radical (unpaired) electrons. The number of carbonyl (C=O) groups is 3. The lowest BCUT2D eigenvalue weighted by molar-refractivity contribution is -0.144. The zero-order valence-corrected chi connectivity index (χ0v) is 11.1. The predicted octanol–water partition coefficient (Wildman–Crippen LogP) is 0.792. The Kier molecular flexibility index (Phi) is 6.32. The van der Waals surface area contributed by atoms with Gasteiger partial charge in [-0.2, -0.15) is 0 Å². The molecule has 1 aliphatic rings. The van der Waals surface area contributed by atoms with Crippen LogP contribution in [0.5, 0.6) is 0 Å². The molecular weight excluding hydrogens is 248 g/mol. The highest BCUT2D eigenvalue weighted by atomic mass is 16.4. The third kappa shape index (κ3) is 5.72. The number of hydrogen-bond acceptors (Lipinski definition) is 3. The largest absolute Gasteiger partial charge is 0.480 e. The smallest absolute Gasteiger partial charge is 0.326 e. The number of primary amides is 1. The number of rotatable bonds is 5. The van der Waals surface area contributed by atoms with Gasteiger partial charge in [0.2, 0.25) is 11.8 Å². The molecule has 19 heavy (non-hydrogen) atoms. The second-order valence-corrected chi connectivity index (χ2v) is 5.11. The first-order valence-electron chi connectivity index (χ1n) is 6.82. The fraction of sp³-hybridized carbons (Fsp3) is 0.769. The van der Waals surface area contributed by atoms with Crippen LogP contribution in [0.15, 0.2) is 0 Å². The van der Waals surface area contributed by atoms with Crippen LogP contribution in [0.1, 0.15) is 51.4 Å². The minimum Gasteiger partial charge on any atom is -0.480 e. The molecule has 1 fully saturated rings. The second-order valence-electron chi connectivity index (χ2n) is 5.11. The Balaban J connectivity index is 2.53. The molecule has 1 rings (SSSR count). The molecule has 6 nitrogen and oxygen atoms in total. The van der Waals surface area contributed by atoms with Gasteiger partial charge in [-0.05, 0) is 12.8 Å². The number of nitrogens with one attached hydrogen (secondary N) is 1. The molecule has 108 valence electrons. The third-order valence-corrected chi connectivity index (χ3v) is 3.50. The fourth-order valence-electron chi connectivity index (χ4n) is 2.41. The minimum absolute atomic E-state index is 0.143. The topological polar surface area (TPSA) is 109 Å². The molecule has 0 spiro atoms. The maximum absolute atomic E-state index is 12.0. The first-order chi connectivity index (χ1) is 9.00. The highest BCUT2D eigenvalue weighted by Gasteiger charge is 2.26. The van der Waals surface area contributed by atoms with Gasteiger partial charge in [-0.3, -0.25) is 9.59 Å². The zero-order chi connectivity index (χ0) is 14.3. The molecule has 0 aromatic carbocycles. The predicted molar refractivity (Wildman–Crippen MR) is 69.2 cm³/mol. The molecule has 0 aromatic rings. The summed E-state index contributed by atoms with van der Waals surface area (Å²) in [6, 6.07) is -1.21. The highest BCUT2D eigenvalue weighted by molar-refractivity contribution is 5.88. The van der Waals surface area contributed by atoms with Crippen LogP contribution >= 0.6 is 0 Å². The zero-order valence-electron chi connectivity index (χ0n) is 11.1. The normalized spacial score (nSPS) is 18.9. The molecule has 0 saturated heterocycles. The number of carboxylic acids is 1. The molecule has 1 aliphatic carbocycles. The Labute approximate surface area is 112 Å². The van der Waals surface area contributed by atoms with Gasteiger partial charge in [-0.25, -0.2) is 4.79 Å². The molecule has 1 saturated carbocycles. The Bertz CT molecular complexity index is 336. The van der Waals surface area contributed by atoms with Crippen molar-refractivity contribution >= 4 is 17.8 Å². The molecule has 6 heteroatoms. The summed E-state index contributed by atoms with van der Waals surface area (Å²) >= 11 is 0. The molecule has 4 N–H and O–H groups in total. The van der Waals surface area contributed by atoms with Gasteiger partial charge < -0.3 is 16.2 Å². The number of amides is 2. The van der Waals surface area contributed by atoms with Crippen LogP contribution in [-0.4, -0.2) is 28.9 Å². The van der Waals surface area contributed by atoms with Crippen LogP contribution in [0.2, 0.25) is 0 Å². The minimum atomic E-state index is -1.22. The molecule has 0 heterocycles. The number of carbonyl (C=O) groups excluding carboxylic acids is 2. The van der Waals surface area contributed by atoms with Gasteiger partial charge in [0.1, 0.15) is 6.04 Å². The Morgan fingerprint density at radius 2 is 1.63 bits per heavy atom. The SMILES string of the molecule is NC(=O)CC(NC(=O)C1CCCCCCC1)C(=O)O. The second kappa shape index (κ2) is 7.76. The monoisotopic (exact) mass is 270 g/mol. The van der Waals surface area contributed by atoms with Gasteiger partial charge in [0.25, 0.3) is 0 Å². The van der Waals surface area contributed by atoms with Gasteiger partial charge in [-0.15, -0.1) is 0 Å². The van der Waals surface area contributed by atoms with E-state index in [1.54, 1.807) is 0 Å². The van der Waals surface area contributed by atoms with Crippen molar-refractivity contribution in [2.45, 2.75) is 57.4 Å². The summed E-state index contributed by atoms with van der Waals surface area (Å²) in [5.41, 5.74) is 4.98. The van der Waals surface area contributed by atoms with E-state index >= 15 is 0 Å². The number of hydrogen-bond donors (Lipinski definition) is 3. The van der Waals surface area contributed by atoms with E-state index in [9.17, 15) is 14.4 Å². The van der Waals surface area contributed by atoms with Gasteiger partial charge in [-0.1, -0.05) is 32.1 Å². The van der Waals surface area contributed by atoms with Crippen molar-refractivity contribution in [1.29, 1.82) is 0 Å². The van der Waals surface area contributed by atoms with E-state index in [2.05, 4.69) is 5.32 Å². The van der Waals surface area contributed by atoms with Crippen molar-refractivity contribution in [3.8, 4) is 0 Å². The van der Waals surface area contributed by atoms with E-state index in [4.69, 9.17) is 10.8 Å². The summed E-state index contributed by atoms with van der Waals surface area (Å²) in [6.45, 7) is 0. The lowest BCUT2D eigenvalue weighted by Gasteiger charge is -2.21. The Morgan fingerprint density at radius 3 is 2.11 bits per heavy atom. The number of carboxylic acid groups (broad SMARTS) is 1. The number of aliphatic carboxylic acids is 1. The molecule has 0 aromatic heterocycles. The van der Waals surface area contributed by atoms with Crippen molar-refractivity contribution in [3.63, 3.8) is 0 Å². The van der Waals surface area contributed by atoms with E-state index in [1.165, 1.54) is 6.42 Å². The summed E-state index contributed by atoms with van der Waals surface area (Å²) < 4.78 is 0. The first-order valence-corrected chi connectivity index (χ1v) is 6.82. The van der Waals surface area contributed by atoms with Crippen LogP contribution in [0.4, 0.5) is 0 Å². The lowest BCUT2D eigenvalue weighted by Crippen LogP contribution is -2.45. The fourth-order valence-corrected chi connectivity index (χ4v) is 2.41. The van der Waals surface area contributed by atoms with Crippen molar-refractivity contribution in [1.82, 2.24) is 5.32 Å². The van der Waals surface area contributed by atoms with E-state index in [-0.39, 0.29) is 18.2 Å².